The van der Waals surface area contributed by atoms with Crippen LogP contribution in [0.5, 0.6) is 0 Å². The number of H-pyrrole nitrogens is 1. The molecule has 136 valence electrons. The Labute approximate surface area is 203 Å². The summed E-state index contributed by atoms with van der Waals surface area (Å²) in [5, 5.41) is 0. The molecule has 1 aliphatic rings. The van der Waals surface area contributed by atoms with E-state index < -0.39 is 45.0 Å². The zero-order chi connectivity index (χ0) is 18.1. The molecule has 0 radical (unpaired) electrons. The minimum atomic E-state index is -5.23. The summed E-state index contributed by atoms with van der Waals surface area (Å²) in [5.41, 5.74) is 0.652. The van der Waals surface area contributed by atoms with Crippen molar-refractivity contribution < 1.29 is 98.2 Å². The quantitative estimate of drug-likeness (QED) is 0.232. The monoisotopic (exact) mass is 491 g/mol. The number of hydrogen-bond acceptors (Lipinski definition) is 9. The molecule has 0 spiro atoms. The van der Waals surface area contributed by atoms with Crippen LogP contribution >= 0.6 is 15.9 Å². The molecule has 0 fully saturated rings. The van der Waals surface area contributed by atoms with E-state index in [4.69, 9.17) is 4.74 Å². The average molecular weight is 492 g/mol. The third kappa shape index (κ3) is 7.55. The molecule has 2 rings (SSSR count). The zero-order valence-corrected chi connectivity index (χ0v) is 21.2. The molecule has 0 aliphatic heterocycles. The summed E-state index contributed by atoms with van der Waals surface area (Å²) in [6.07, 6.45) is 0.190. The van der Waals surface area contributed by atoms with Crippen LogP contribution < -0.4 is 59.1 Å². The molecule has 0 amide bonds. The van der Waals surface area contributed by atoms with Crippen LogP contribution in [0.3, 0.4) is 0 Å². The number of halogens is 1. The van der Waals surface area contributed by atoms with Crippen LogP contribution in [-0.4, -0.2) is 56.3 Å². The molecule has 1 aliphatic carbocycles. The minimum absolute atomic E-state index is 0. The molecule has 15 heteroatoms. The van der Waals surface area contributed by atoms with Crippen molar-refractivity contribution >= 4 is 36.7 Å². The van der Waals surface area contributed by atoms with Crippen molar-refractivity contribution in [3.63, 3.8) is 0 Å². The maximum atomic E-state index is 11.0. The second-order valence-electron chi connectivity index (χ2n) is 4.82. The normalized spacial score (nSPS) is 26.4. The first kappa shape index (κ1) is 27.2. The van der Waals surface area contributed by atoms with Gasteiger partial charge in [0.05, 0.1) is 6.10 Å². The predicted molar refractivity (Wildman–Crippen MR) is 80.5 cm³/mol. The Morgan fingerprint density at radius 1 is 1.08 bits per heavy atom. The summed E-state index contributed by atoms with van der Waals surface area (Å²) < 4.78 is 79.7. The van der Waals surface area contributed by atoms with Gasteiger partial charge in [-0.05, 0) is 11.6 Å². The van der Waals surface area contributed by atoms with Crippen LogP contribution in [-0.2, 0) is 33.9 Å². The molecule has 4 atom stereocenters. The number of aromatic nitrogens is 1. The molecule has 0 unspecified atom stereocenters. The second-order valence-corrected chi connectivity index (χ2v) is 7.75. The van der Waals surface area contributed by atoms with Gasteiger partial charge in [0.15, 0.2) is 0 Å². The molecule has 1 heterocycles. The van der Waals surface area contributed by atoms with Crippen molar-refractivity contribution in [1.82, 2.24) is 4.98 Å². The Morgan fingerprint density at radius 2 is 1.65 bits per heavy atom. The summed E-state index contributed by atoms with van der Waals surface area (Å²) >= 11 is 3.03. The van der Waals surface area contributed by atoms with E-state index in [2.05, 4.69) is 29.3 Å². The van der Waals surface area contributed by atoms with Crippen molar-refractivity contribution in [1.29, 1.82) is 0 Å². The average Bonchev–Trinajstić information content (AvgIpc) is 2.93. The van der Waals surface area contributed by atoms with Gasteiger partial charge < -0.3 is 18.8 Å². The molecule has 26 heavy (non-hydrogen) atoms. The first-order chi connectivity index (χ1) is 11.0. The van der Waals surface area contributed by atoms with E-state index in [1.54, 1.807) is 18.5 Å². The Hall–Kier alpha value is 1.20. The van der Waals surface area contributed by atoms with Gasteiger partial charge >= 0.3 is 59.1 Å². The van der Waals surface area contributed by atoms with Crippen LogP contribution in [0.15, 0.2) is 29.0 Å². The Balaban J connectivity index is 0.00000312. The van der Waals surface area contributed by atoms with Gasteiger partial charge in [0.25, 0.3) is 0 Å². The fraction of sp³-hybridized carbons (Fsp3) is 0.455. The maximum absolute atomic E-state index is 11.0. The maximum Gasteiger partial charge on any atom is 1.00 e. The van der Waals surface area contributed by atoms with Crippen LogP contribution in [0.4, 0.5) is 0 Å². The van der Waals surface area contributed by atoms with Crippen molar-refractivity contribution in [2.45, 2.75) is 24.2 Å². The van der Waals surface area contributed by atoms with Gasteiger partial charge in [0.1, 0.15) is 12.2 Å². The number of aromatic amines is 1. The second kappa shape index (κ2) is 10.8. The van der Waals surface area contributed by atoms with E-state index in [1.807, 2.05) is 0 Å². The molecule has 0 aromatic carbocycles. The van der Waals surface area contributed by atoms with Crippen LogP contribution in [0.1, 0.15) is 11.5 Å². The first-order valence-electron chi connectivity index (χ1n) is 6.33. The molecule has 0 saturated heterocycles. The Kier molecular flexibility index (Phi) is 11.3. The van der Waals surface area contributed by atoms with E-state index in [1.165, 1.54) is 13.2 Å². The summed E-state index contributed by atoms with van der Waals surface area (Å²) in [5.74, 6) is -0.600. The summed E-state index contributed by atoms with van der Waals surface area (Å²) in [4.78, 5) is 2.80. The molecule has 1 aromatic rings. The SMILES string of the molecule is CO[C@H]1[C@H](OS(=O)(=O)[O-])[C@H](OS(=O)(=O)[O-])C(Br)=C[C@@H]1c1cc[nH]c1.[Na+].[Na+]. The number of nitrogens with one attached hydrogen (secondary N) is 1. The fourth-order valence-electron chi connectivity index (χ4n) is 2.47. The summed E-state index contributed by atoms with van der Waals surface area (Å²) in [7, 11) is -9.22. The fourth-order valence-corrected chi connectivity index (χ4v) is 4.19. The van der Waals surface area contributed by atoms with Crippen molar-refractivity contribution in [3.05, 3.63) is 34.6 Å². The van der Waals surface area contributed by atoms with Gasteiger partial charge in [-0.2, -0.15) is 0 Å². The number of ether oxygens (including phenoxy) is 1. The third-order valence-electron chi connectivity index (χ3n) is 3.32. The van der Waals surface area contributed by atoms with Gasteiger partial charge in [0, 0.05) is 29.9 Å². The van der Waals surface area contributed by atoms with E-state index in [9.17, 15) is 25.9 Å². The van der Waals surface area contributed by atoms with Crippen LogP contribution in [0, 0.1) is 0 Å². The van der Waals surface area contributed by atoms with Crippen molar-refractivity contribution in [2.24, 2.45) is 0 Å². The molecule has 0 bridgehead atoms. The standard InChI is InChI=1S/C11H14BrNO9S2.2Na/c1-20-9-7(6-2-3-13-5-6)4-8(12)10(21-23(14,15)16)11(9)22-24(17,18)19;;/h2-5,7,9-11,13H,1H3,(H,14,15,16)(H,17,18,19);;/q;2*+1/p-2/t7-,9-,10-,11+;;/m1../s1. The number of rotatable bonds is 6. The van der Waals surface area contributed by atoms with Crippen LogP contribution in [0.2, 0.25) is 0 Å². The molecular weight excluding hydrogens is 480 g/mol. The molecular formula is C11H12BrNNa2O9S2. The van der Waals surface area contributed by atoms with Gasteiger partial charge in [-0.25, -0.2) is 16.8 Å². The molecule has 0 saturated carbocycles. The van der Waals surface area contributed by atoms with E-state index in [0.29, 0.717) is 5.56 Å². The molecule has 10 nitrogen and oxygen atoms in total. The third-order valence-corrected chi connectivity index (χ3v) is 4.93. The van der Waals surface area contributed by atoms with E-state index in [0.717, 1.165) is 0 Å². The van der Waals surface area contributed by atoms with E-state index in [-0.39, 0.29) is 63.6 Å². The minimum Gasteiger partial charge on any atom is -0.726 e. The smallest absolute Gasteiger partial charge is 0.726 e. The largest absolute Gasteiger partial charge is 1.00 e. The topological polar surface area (TPSA) is 158 Å². The van der Waals surface area contributed by atoms with Crippen molar-refractivity contribution in [2.75, 3.05) is 7.11 Å². The van der Waals surface area contributed by atoms with Crippen molar-refractivity contribution in [3.8, 4) is 0 Å². The Bertz CT molecular complexity index is 813. The van der Waals surface area contributed by atoms with Crippen LogP contribution in [0.25, 0.3) is 0 Å². The summed E-state index contributed by atoms with van der Waals surface area (Å²) in [6, 6.07) is 1.67. The summed E-state index contributed by atoms with van der Waals surface area (Å²) in [6.45, 7) is 0. The molecule has 1 aromatic heterocycles. The Morgan fingerprint density at radius 3 is 2.08 bits per heavy atom. The van der Waals surface area contributed by atoms with Gasteiger partial charge in [0.2, 0.25) is 20.8 Å². The van der Waals surface area contributed by atoms with Gasteiger partial charge in [-0.15, -0.1) is 0 Å². The first-order valence-corrected chi connectivity index (χ1v) is 9.78. The zero-order valence-electron chi connectivity index (χ0n) is 14.0. The number of hydrogen-bond donors (Lipinski definition) is 1. The van der Waals surface area contributed by atoms with Gasteiger partial charge in [-0.3, -0.25) is 8.37 Å². The van der Waals surface area contributed by atoms with Gasteiger partial charge in [-0.1, -0.05) is 22.0 Å². The molecule has 1 N–H and O–H groups in total. The predicted octanol–water partition coefficient (Wildman–Crippen LogP) is -5.90. The van der Waals surface area contributed by atoms with E-state index >= 15 is 0 Å². The number of methoxy groups -OCH3 is 1.